The van der Waals surface area contributed by atoms with E-state index in [0.717, 1.165) is 17.7 Å². The van der Waals surface area contributed by atoms with Gasteiger partial charge in [0.1, 0.15) is 12.4 Å². The van der Waals surface area contributed by atoms with Gasteiger partial charge < -0.3 is 15.6 Å². The maximum atomic E-state index is 8.70. The first-order valence-electron chi connectivity index (χ1n) is 5.29. The van der Waals surface area contributed by atoms with Gasteiger partial charge >= 0.3 is 0 Å². The fraction of sp³-hybridized carbons (Fsp3) is 0.500. The molecule has 0 saturated carbocycles. The van der Waals surface area contributed by atoms with Crippen molar-refractivity contribution >= 4 is 0 Å². The summed E-state index contributed by atoms with van der Waals surface area (Å²) in [5.41, 5.74) is 6.75. The zero-order valence-electron chi connectivity index (χ0n) is 9.15. The third-order valence-corrected chi connectivity index (χ3v) is 2.29. The quantitative estimate of drug-likeness (QED) is 0.740. The van der Waals surface area contributed by atoms with Crippen LogP contribution in [0.25, 0.3) is 0 Å². The van der Waals surface area contributed by atoms with Gasteiger partial charge in [-0.3, -0.25) is 0 Å². The highest BCUT2D eigenvalue weighted by atomic mass is 16.5. The second-order valence-electron chi connectivity index (χ2n) is 3.72. The van der Waals surface area contributed by atoms with Crippen molar-refractivity contribution in [3.63, 3.8) is 0 Å². The zero-order chi connectivity index (χ0) is 11.1. The number of ether oxygens (including phenoxy) is 1. The Hall–Kier alpha value is -1.06. The van der Waals surface area contributed by atoms with Crippen LogP contribution in [-0.4, -0.2) is 24.9 Å². The average molecular weight is 209 g/mol. The topological polar surface area (TPSA) is 55.5 Å². The lowest BCUT2D eigenvalue weighted by atomic mass is 10.0. The van der Waals surface area contributed by atoms with Crippen molar-refractivity contribution in [1.82, 2.24) is 0 Å². The Labute approximate surface area is 90.9 Å². The van der Waals surface area contributed by atoms with Crippen molar-refractivity contribution < 1.29 is 9.84 Å². The molecule has 15 heavy (non-hydrogen) atoms. The van der Waals surface area contributed by atoms with E-state index in [1.807, 2.05) is 24.3 Å². The van der Waals surface area contributed by atoms with E-state index in [0.29, 0.717) is 19.1 Å². The van der Waals surface area contributed by atoms with Crippen molar-refractivity contribution in [2.45, 2.75) is 13.3 Å². The summed E-state index contributed by atoms with van der Waals surface area (Å²) >= 11 is 0. The lowest BCUT2D eigenvalue weighted by Gasteiger charge is -2.13. The van der Waals surface area contributed by atoms with Gasteiger partial charge in [0.25, 0.3) is 0 Å². The van der Waals surface area contributed by atoms with Crippen LogP contribution < -0.4 is 10.5 Å². The number of aliphatic hydroxyl groups is 1. The second kappa shape index (κ2) is 6.43. The molecule has 3 nitrogen and oxygen atoms in total. The summed E-state index contributed by atoms with van der Waals surface area (Å²) in [6.07, 6.45) is 0.915. The Bertz CT molecular complexity index is 289. The third kappa shape index (κ3) is 3.90. The number of aliphatic hydroxyl groups excluding tert-OH is 1. The summed E-state index contributed by atoms with van der Waals surface area (Å²) < 4.78 is 5.44. The SMILES string of the molecule is C[C@H](CN)Cc1ccccc1OCCO. The van der Waals surface area contributed by atoms with Gasteiger partial charge in [0.15, 0.2) is 0 Å². The Morgan fingerprint density at radius 3 is 2.80 bits per heavy atom. The molecule has 0 spiro atoms. The molecule has 0 heterocycles. The van der Waals surface area contributed by atoms with Gasteiger partial charge in [0.05, 0.1) is 6.61 Å². The Balaban J connectivity index is 2.67. The van der Waals surface area contributed by atoms with Crippen molar-refractivity contribution in [3.05, 3.63) is 29.8 Å². The maximum absolute atomic E-state index is 8.70. The van der Waals surface area contributed by atoms with E-state index in [1.54, 1.807) is 0 Å². The highest BCUT2D eigenvalue weighted by Crippen LogP contribution is 2.20. The van der Waals surface area contributed by atoms with E-state index in [4.69, 9.17) is 15.6 Å². The maximum Gasteiger partial charge on any atom is 0.122 e. The molecule has 0 saturated heterocycles. The number of hydrogen-bond donors (Lipinski definition) is 2. The summed E-state index contributed by atoms with van der Waals surface area (Å²) in [5.74, 6) is 1.30. The summed E-state index contributed by atoms with van der Waals surface area (Å²) in [5, 5.41) is 8.70. The van der Waals surface area contributed by atoms with E-state index in [9.17, 15) is 0 Å². The summed E-state index contributed by atoms with van der Waals surface area (Å²) in [6, 6.07) is 7.89. The molecule has 0 aliphatic heterocycles. The first-order chi connectivity index (χ1) is 7.27. The summed E-state index contributed by atoms with van der Waals surface area (Å²) in [4.78, 5) is 0. The van der Waals surface area contributed by atoms with Crippen LogP contribution in [0.4, 0.5) is 0 Å². The van der Waals surface area contributed by atoms with Crippen LogP contribution in [0.2, 0.25) is 0 Å². The summed E-state index contributed by atoms with van der Waals surface area (Å²) in [6.45, 7) is 3.17. The number of rotatable bonds is 6. The molecule has 1 aromatic carbocycles. The molecule has 0 fully saturated rings. The normalized spacial score (nSPS) is 12.5. The predicted octanol–water partition coefficient (Wildman–Crippen LogP) is 1.20. The fourth-order valence-corrected chi connectivity index (χ4v) is 1.43. The van der Waals surface area contributed by atoms with Gasteiger partial charge in [-0.15, -0.1) is 0 Å². The molecule has 0 aliphatic carbocycles. The number of hydrogen-bond acceptors (Lipinski definition) is 3. The van der Waals surface area contributed by atoms with Crippen molar-refractivity contribution in [2.75, 3.05) is 19.8 Å². The molecule has 0 bridgehead atoms. The molecule has 1 aromatic rings. The van der Waals surface area contributed by atoms with Crippen LogP contribution in [0, 0.1) is 5.92 Å². The van der Waals surface area contributed by atoms with Crippen LogP contribution in [0.15, 0.2) is 24.3 Å². The Morgan fingerprint density at radius 2 is 2.13 bits per heavy atom. The van der Waals surface area contributed by atoms with E-state index >= 15 is 0 Å². The molecule has 3 N–H and O–H groups in total. The van der Waals surface area contributed by atoms with E-state index in [-0.39, 0.29) is 6.61 Å². The average Bonchev–Trinajstić information content (AvgIpc) is 2.28. The lowest BCUT2D eigenvalue weighted by molar-refractivity contribution is 0.200. The molecule has 3 heteroatoms. The van der Waals surface area contributed by atoms with Crippen molar-refractivity contribution in [1.29, 1.82) is 0 Å². The molecule has 0 radical (unpaired) electrons. The summed E-state index contributed by atoms with van der Waals surface area (Å²) in [7, 11) is 0. The van der Waals surface area contributed by atoms with Gasteiger partial charge in [-0.05, 0) is 30.5 Å². The van der Waals surface area contributed by atoms with Crippen molar-refractivity contribution in [3.8, 4) is 5.75 Å². The molecular formula is C12H19NO2. The molecule has 1 rings (SSSR count). The van der Waals surface area contributed by atoms with Crippen LogP contribution in [0.3, 0.4) is 0 Å². The fourth-order valence-electron chi connectivity index (χ4n) is 1.43. The van der Waals surface area contributed by atoms with Crippen LogP contribution in [0.1, 0.15) is 12.5 Å². The van der Waals surface area contributed by atoms with Gasteiger partial charge in [0, 0.05) is 0 Å². The highest BCUT2D eigenvalue weighted by Gasteiger charge is 2.06. The number of benzene rings is 1. The Kier molecular flexibility index (Phi) is 5.15. The van der Waals surface area contributed by atoms with Crippen LogP contribution in [0.5, 0.6) is 5.75 Å². The van der Waals surface area contributed by atoms with Crippen LogP contribution >= 0.6 is 0 Å². The third-order valence-electron chi connectivity index (χ3n) is 2.29. The minimum atomic E-state index is 0.0424. The number of nitrogens with two attached hydrogens (primary N) is 1. The Morgan fingerprint density at radius 1 is 1.40 bits per heavy atom. The largest absolute Gasteiger partial charge is 0.491 e. The lowest BCUT2D eigenvalue weighted by Crippen LogP contribution is -2.14. The highest BCUT2D eigenvalue weighted by molar-refractivity contribution is 5.33. The number of para-hydroxylation sites is 1. The van der Waals surface area contributed by atoms with Crippen LogP contribution in [-0.2, 0) is 6.42 Å². The van der Waals surface area contributed by atoms with E-state index in [2.05, 4.69) is 6.92 Å². The minimum absolute atomic E-state index is 0.0424. The van der Waals surface area contributed by atoms with E-state index < -0.39 is 0 Å². The van der Waals surface area contributed by atoms with Gasteiger partial charge in [-0.25, -0.2) is 0 Å². The van der Waals surface area contributed by atoms with Crippen molar-refractivity contribution in [2.24, 2.45) is 11.7 Å². The van der Waals surface area contributed by atoms with Gasteiger partial charge in [-0.2, -0.15) is 0 Å². The van der Waals surface area contributed by atoms with E-state index in [1.165, 1.54) is 0 Å². The molecule has 0 aliphatic rings. The monoisotopic (exact) mass is 209 g/mol. The molecule has 84 valence electrons. The molecule has 1 atom stereocenters. The predicted molar refractivity (Wildman–Crippen MR) is 60.9 cm³/mol. The standard InChI is InChI=1S/C12H19NO2/c1-10(9-13)8-11-4-2-3-5-12(11)15-7-6-14/h2-5,10,14H,6-9,13H2,1H3/t10-/m0/s1. The first kappa shape index (κ1) is 12.0. The molecule has 0 unspecified atom stereocenters. The molecular weight excluding hydrogens is 190 g/mol. The van der Waals surface area contributed by atoms with Gasteiger partial charge in [0.2, 0.25) is 0 Å². The zero-order valence-corrected chi connectivity index (χ0v) is 9.15. The minimum Gasteiger partial charge on any atom is -0.491 e. The van der Waals surface area contributed by atoms with Gasteiger partial charge in [-0.1, -0.05) is 25.1 Å². The molecule has 0 amide bonds. The first-order valence-corrected chi connectivity index (χ1v) is 5.29. The second-order valence-corrected chi connectivity index (χ2v) is 3.72. The smallest absolute Gasteiger partial charge is 0.122 e. The molecule has 0 aromatic heterocycles.